The maximum atomic E-state index is 14.0. The maximum Gasteiger partial charge on any atom is 0.269 e. The number of amides is 1. The van der Waals surface area contributed by atoms with Gasteiger partial charge in [0, 0.05) is 28.6 Å². The van der Waals surface area contributed by atoms with Gasteiger partial charge in [0.05, 0.1) is 10.6 Å². The quantitative estimate of drug-likeness (QED) is 0.270. The minimum atomic E-state index is -0.589. The highest BCUT2D eigenvalue weighted by Crippen LogP contribution is 2.33. The normalized spacial score (nSPS) is 10.8. The number of furan rings is 1. The number of ketones is 1. The van der Waals surface area contributed by atoms with Gasteiger partial charge < -0.3 is 9.73 Å². The van der Waals surface area contributed by atoms with Crippen molar-refractivity contribution in [1.82, 2.24) is 0 Å². The van der Waals surface area contributed by atoms with Crippen LogP contribution < -0.4 is 5.32 Å². The Kier molecular flexibility index (Phi) is 5.04. The summed E-state index contributed by atoms with van der Waals surface area (Å²) in [5.41, 5.74) is 1.00. The molecule has 1 amide bonds. The highest BCUT2D eigenvalue weighted by molar-refractivity contribution is 6.18. The van der Waals surface area contributed by atoms with E-state index < -0.39 is 22.4 Å². The summed E-state index contributed by atoms with van der Waals surface area (Å²) in [6.45, 7) is 1.58. The molecule has 0 radical (unpaired) electrons. The summed E-state index contributed by atoms with van der Waals surface area (Å²) < 4.78 is 19.7. The fourth-order valence-corrected chi connectivity index (χ4v) is 3.11. The third-order valence-corrected chi connectivity index (χ3v) is 4.81. The zero-order valence-electron chi connectivity index (χ0n) is 16.2. The number of benzene rings is 3. The van der Waals surface area contributed by atoms with Gasteiger partial charge in [-0.05, 0) is 42.8 Å². The molecular formula is C23H15FN2O5. The third kappa shape index (κ3) is 3.78. The van der Waals surface area contributed by atoms with Crippen LogP contribution in [-0.4, -0.2) is 16.6 Å². The molecule has 0 aliphatic rings. The summed E-state index contributed by atoms with van der Waals surface area (Å²) in [7, 11) is 0. The minimum Gasteiger partial charge on any atom is -0.450 e. The van der Waals surface area contributed by atoms with Crippen molar-refractivity contribution in [1.29, 1.82) is 0 Å². The van der Waals surface area contributed by atoms with Crippen molar-refractivity contribution in [2.24, 2.45) is 0 Å². The summed E-state index contributed by atoms with van der Waals surface area (Å²) >= 11 is 0. The lowest BCUT2D eigenvalue weighted by Crippen LogP contribution is -2.14. The number of hydrogen-bond acceptors (Lipinski definition) is 5. The molecule has 1 N–H and O–H groups in total. The number of fused-ring (bicyclic) bond motifs is 1. The number of halogens is 1. The van der Waals surface area contributed by atoms with Crippen molar-refractivity contribution < 1.29 is 23.3 Å². The topological polar surface area (TPSA) is 102 Å². The Hall–Kier alpha value is -4.33. The third-order valence-electron chi connectivity index (χ3n) is 4.81. The van der Waals surface area contributed by atoms with Crippen LogP contribution in [0.1, 0.15) is 32.0 Å². The highest BCUT2D eigenvalue weighted by Gasteiger charge is 2.24. The van der Waals surface area contributed by atoms with Crippen molar-refractivity contribution >= 4 is 34.0 Å². The number of para-hydroxylation sites is 1. The Labute approximate surface area is 175 Å². The van der Waals surface area contributed by atoms with E-state index >= 15 is 0 Å². The molecule has 0 fully saturated rings. The van der Waals surface area contributed by atoms with Crippen LogP contribution >= 0.6 is 0 Å². The highest BCUT2D eigenvalue weighted by atomic mass is 19.1. The molecule has 0 atom stereocenters. The SMILES string of the molecule is Cc1ccc(C(=O)c2oc3ccccc3c2NC(=O)c2ccc([N+](=O)[O-])cc2)cc1F. The van der Waals surface area contributed by atoms with E-state index in [1.165, 1.54) is 36.4 Å². The number of carbonyl (C=O) groups excluding carboxylic acids is 2. The zero-order valence-corrected chi connectivity index (χ0v) is 16.2. The first-order valence-electron chi connectivity index (χ1n) is 9.23. The second-order valence-electron chi connectivity index (χ2n) is 6.85. The van der Waals surface area contributed by atoms with Crippen LogP contribution in [0, 0.1) is 22.9 Å². The van der Waals surface area contributed by atoms with Gasteiger partial charge in [-0.1, -0.05) is 24.3 Å². The smallest absolute Gasteiger partial charge is 0.269 e. The first-order valence-corrected chi connectivity index (χ1v) is 9.23. The molecule has 154 valence electrons. The second kappa shape index (κ2) is 7.83. The largest absolute Gasteiger partial charge is 0.450 e. The molecule has 3 aromatic carbocycles. The van der Waals surface area contributed by atoms with E-state index in [-0.39, 0.29) is 28.3 Å². The van der Waals surface area contributed by atoms with Crippen LogP contribution in [0.15, 0.2) is 71.1 Å². The molecule has 0 aliphatic heterocycles. The van der Waals surface area contributed by atoms with Crippen LogP contribution in [0.3, 0.4) is 0 Å². The van der Waals surface area contributed by atoms with E-state index in [0.29, 0.717) is 16.5 Å². The molecule has 0 bridgehead atoms. The number of rotatable bonds is 5. The molecule has 7 nitrogen and oxygen atoms in total. The summed E-state index contributed by atoms with van der Waals surface area (Å²) in [6.07, 6.45) is 0. The number of non-ortho nitro benzene ring substituents is 1. The Bertz CT molecular complexity index is 1340. The second-order valence-corrected chi connectivity index (χ2v) is 6.85. The summed E-state index contributed by atoms with van der Waals surface area (Å²) in [6, 6.07) is 15.9. The minimum absolute atomic E-state index is 0.0768. The van der Waals surface area contributed by atoms with Gasteiger partial charge in [-0.25, -0.2) is 4.39 Å². The predicted octanol–water partition coefficient (Wildman–Crippen LogP) is 5.27. The van der Waals surface area contributed by atoms with E-state index in [4.69, 9.17) is 4.42 Å². The van der Waals surface area contributed by atoms with Gasteiger partial charge in [-0.2, -0.15) is 0 Å². The van der Waals surface area contributed by atoms with Crippen molar-refractivity contribution in [3.8, 4) is 0 Å². The maximum absolute atomic E-state index is 14.0. The van der Waals surface area contributed by atoms with Gasteiger partial charge in [0.1, 0.15) is 11.4 Å². The van der Waals surface area contributed by atoms with E-state index in [1.54, 1.807) is 31.2 Å². The Morgan fingerprint density at radius 2 is 1.68 bits per heavy atom. The summed E-state index contributed by atoms with van der Waals surface area (Å²) in [5.74, 6) is -1.84. The van der Waals surface area contributed by atoms with Gasteiger partial charge in [-0.3, -0.25) is 19.7 Å². The van der Waals surface area contributed by atoms with Crippen LogP contribution in [0.2, 0.25) is 0 Å². The molecule has 0 aliphatic carbocycles. The lowest BCUT2D eigenvalue weighted by Gasteiger charge is -2.07. The number of anilines is 1. The number of nitrogens with zero attached hydrogens (tertiary/aromatic N) is 1. The van der Waals surface area contributed by atoms with Gasteiger partial charge in [0.15, 0.2) is 5.76 Å². The number of nitro groups is 1. The molecule has 0 spiro atoms. The van der Waals surface area contributed by atoms with E-state index in [1.807, 2.05) is 0 Å². The van der Waals surface area contributed by atoms with Gasteiger partial charge in [0.2, 0.25) is 5.78 Å². The average Bonchev–Trinajstić information content (AvgIpc) is 3.13. The molecule has 1 aromatic heterocycles. The molecule has 1 heterocycles. The molecule has 4 rings (SSSR count). The first-order chi connectivity index (χ1) is 14.8. The lowest BCUT2D eigenvalue weighted by atomic mass is 10.0. The Balaban J connectivity index is 1.74. The van der Waals surface area contributed by atoms with E-state index in [0.717, 1.165) is 6.07 Å². The molecule has 4 aromatic rings. The first kappa shape index (κ1) is 20.0. The van der Waals surface area contributed by atoms with Crippen LogP contribution in [0.25, 0.3) is 11.0 Å². The number of nitro benzene ring substituents is 1. The van der Waals surface area contributed by atoms with Gasteiger partial charge in [0.25, 0.3) is 11.6 Å². The number of nitrogens with one attached hydrogen (secondary N) is 1. The Morgan fingerprint density at radius 3 is 2.35 bits per heavy atom. The van der Waals surface area contributed by atoms with Crippen molar-refractivity contribution in [2.75, 3.05) is 5.32 Å². The molecule has 0 saturated carbocycles. The summed E-state index contributed by atoms with van der Waals surface area (Å²) in [5, 5.41) is 14.0. The van der Waals surface area contributed by atoms with Crippen molar-refractivity contribution in [3.05, 3.63) is 105 Å². The molecular weight excluding hydrogens is 403 g/mol. The van der Waals surface area contributed by atoms with Crippen molar-refractivity contribution in [2.45, 2.75) is 6.92 Å². The molecule has 0 saturated heterocycles. The Morgan fingerprint density at radius 1 is 1.00 bits per heavy atom. The van der Waals surface area contributed by atoms with Crippen LogP contribution in [-0.2, 0) is 0 Å². The van der Waals surface area contributed by atoms with E-state index in [2.05, 4.69) is 5.32 Å². The van der Waals surface area contributed by atoms with Crippen LogP contribution in [0.4, 0.5) is 15.8 Å². The number of carbonyl (C=O) groups is 2. The van der Waals surface area contributed by atoms with Crippen LogP contribution in [0.5, 0.6) is 0 Å². The fraction of sp³-hybridized carbons (Fsp3) is 0.0435. The molecule has 31 heavy (non-hydrogen) atoms. The monoisotopic (exact) mass is 418 g/mol. The zero-order chi connectivity index (χ0) is 22.1. The van der Waals surface area contributed by atoms with E-state index in [9.17, 15) is 24.1 Å². The molecule has 0 unspecified atom stereocenters. The van der Waals surface area contributed by atoms with Gasteiger partial charge in [-0.15, -0.1) is 0 Å². The van der Waals surface area contributed by atoms with Crippen molar-refractivity contribution in [3.63, 3.8) is 0 Å². The number of hydrogen-bond donors (Lipinski definition) is 1. The molecule has 8 heteroatoms. The van der Waals surface area contributed by atoms with Gasteiger partial charge >= 0.3 is 0 Å². The lowest BCUT2D eigenvalue weighted by molar-refractivity contribution is -0.384. The number of aryl methyl sites for hydroxylation is 1. The average molecular weight is 418 g/mol. The summed E-state index contributed by atoms with van der Waals surface area (Å²) in [4.78, 5) is 36.1. The standard InChI is InChI=1S/C23H15FN2O5/c1-13-6-7-15(12-18(13)24)21(27)22-20(17-4-2-3-5-19(17)31-22)25-23(28)14-8-10-16(11-9-14)26(29)30/h2-12H,1H3,(H,25,28). The predicted molar refractivity (Wildman–Crippen MR) is 112 cm³/mol. The fourth-order valence-electron chi connectivity index (χ4n) is 3.11.